The van der Waals surface area contributed by atoms with Gasteiger partial charge in [0.15, 0.2) is 18.3 Å². The molecule has 0 heterocycles. The van der Waals surface area contributed by atoms with Crippen molar-refractivity contribution < 1.29 is 111 Å². The van der Waals surface area contributed by atoms with Gasteiger partial charge >= 0.3 is 59.7 Å². The number of hydrogen-bond acceptors (Lipinski definition) is 22. The molecule has 0 aromatic rings. The number of rotatable bonds is 61. The number of unbranched alkanes of at least 4 members (excludes halogenated alkanes) is 24. The summed E-state index contributed by atoms with van der Waals surface area (Å²) in [7, 11) is 0. The Hall–Kier alpha value is -5.42. The number of aliphatic carboxylic acids is 1. The zero-order valence-electron chi connectivity index (χ0n) is 63.6. The van der Waals surface area contributed by atoms with E-state index in [-0.39, 0.29) is 107 Å². The lowest BCUT2D eigenvalue weighted by Gasteiger charge is -2.18. The number of hydrogen-bond donors (Lipinski definition) is 4. The van der Waals surface area contributed by atoms with E-state index >= 15 is 0 Å². The summed E-state index contributed by atoms with van der Waals surface area (Å²) in [6, 6.07) is 0. The van der Waals surface area contributed by atoms with Gasteiger partial charge in [-0.3, -0.25) is 47.9 Å². The molecule has 0 bridgehead atoms. The van der Waals surface area contributed by atoms with E-state index in [0.29, 0.717) is 64.2 Å². The van der Waals surface area contributed by atoms with Crippen LogP contribution < -0.4 is 0 Å². The predicted octanol–water partition coefficient (Wildman–Crippen LogP) is 15.7. The molecule has 0 amide bonds. The monoisotopic (exact) mass is 1420 g/mol. The average molecular weight is 1420 g/mol. The number of carbonyl (C=O) groups excluding carboxylic acids is 9. The van der Waals surface area contributed by atoms with Crippen LogP contribution in [-0.4, -0.2) is 157 Å². The second-order valence-electron chi connectivity index (χ2n) is 24.8. The largest absolute Gasteiger partial charge is 0.481 e. The predicted molar refractivity (Wildman–Crippen MR) is 383 cm³/mol. The fourth-order valence-electron chi connectivity index (χ4n) is 8.64. The van der Waals surface area contributed by atoms with Gasteiger partial charge in [0.05, 0.1) is 13.2 Å². The molecule has 0 saturated heterocycles. The van der Waals surface area contributed by atoms with Crippen LogP contribution in [0.4, 0.5) is 0 Å². The average Bonchev–Trinajstić information content (AvgIpc) is 1.33. The van der Waals surface area contributed by atoms with E-state index in [1.807, 2.05) is 6.92 Å². The van der Waals surface area contributed by atoms with Crippen LogP contribution in [0.1, 0.15) is 352 Å². The molecule has 0 rings (SSSR count). The smallest absolute Gasteiger partial charge is 0.306 e. The van der Waals surface area contributed by atoms with Crippen LogP contribution in [0.5, 0.6) is 0 Å². The summed E-state index contributed by atoms with van der Waals surface area (Å²) in [4.78, 5) is 117. The summed E-state index contributed by atoms with van der Waals surface area (Å²) < 4.78 is 47.6. The Morgan fingerprint density at radius 2 is 0.394 bits per heavy atom. The first kappa shape index (κ1) is 102. The first-order chi connectivity index (χ1) is 47.7. The van der Waals surface area contributed by atoms with Crippen LogP contribution in [0.25, 0.3) is 0 Å². The minimum Gasteiger partial charge on any atom is -0.481 e. The Labute approximate surface area is 597 Å². The summed E-state index contributed by atoms with van der Waals surface area (Å²) in [5.41, 5.74) is 0. The maximum Gasteiger partial charge on any atom is 0.306 e. The highest BCUT2D eigenvalue weighted by atomic mass is 16.6. The van der Waals surface area contributed by atoms with E-state index < -0.39 is 30.4 Å². The molecule has 23 heteroatoms. The highest BCUT2D eigenvalue weighted by Crippen LogP contribution is 2.14. The van der Waals surface area contributed by atoms with E-state index in [9.17, 15) is 47.9 Å². The van der Waals surface area contributed by atoms with Gasteiger partial charge in [-0.25, -0.2) is 0 Å². The van der Waals surface area contributed by atoms with Crippen molar-refractivity contribution in [2.45, 2.75) is 376 Å². The van der Waals surface area contributed by atoms with Gasteiger partial charge in [0.2, 0.25) is 0 Å². The third-order valence-electron chi connectivity index (χ3n) is 14.7. The highest BCUT2D eigenvalue weighted by molar-refractivity contribution is 5.73. The van der Waals surface area contributed by atoms with Gasteiger partial charge in [-0.1, -0.05) is 223 Å². The molecule has 0 aliphatic carbocycles. The number of carbonyl (C=O) groups is 10. The summed E-state index contributed by atoms with van der Waals surface area (Å²) in [5, 5.41) is 31.9. The van der Waals surface area contributed by atoms with Crippen molar-refractivity contribution in [1.82, 2.24) is 0 Å². The Morgan fingerprint density at radius 1 is 0.232 bits per heavy atom. The minimum atomic E-state index is -0.954. The summed E-state index contributed by atoms with van der Waals surface area (Å²) >= 11 is 0. The lowest BCUT2D eigenvalue weighted by Crippen LogP contribution is -2.30. The number of carboxylic acids is 1. The zero-order valence-corrected chi connectivity index (χ0v) is 63.6. The Kier molecular flexibility index (Phi) is 84.2. The normalized spacial score (nSPS) is 10.6. The summed E-state index contributed by atoms with van der Waals surface area (Å²) in [5.74, 6) is -3.59. The number of carboxylic acid groups (broad SMARTS) is 1. The molecule has 99 heavy (non-hydrogen) atoms. The molecule has 23 nitrogen and oxygen atoms in total. The van der Waals surface area contributed by atoms with Crippen molar-refractivity contribution >= 4 is 59.7 Å². The van der Waals surface area contributed by atoms with Gasteiger partial charge < -0.3 is 63.1 Å². The van der Waals surface area contributed by atoms with Crippen molar-refractivity contribution in [1.29, 1.82) is 0 Å². The van der Waals surface area contributed by atoms with Gasteiger partial charge in [0.1, 0.15) is 45.7 Å². The summed E-state index contributed by atoms with van der Waals surface area (Å²) in [6.07, 6.45) is 33.2. The van der Waals surface area contributed by atoms with Crippen LogP contribution in [0.15, 0.2) is 0 Å². The number of aliphatic hydroxyl groups excluding tert-OH is 3. The van der Waals surface area contributed by atoms with Gasteiger partial charge in [0, 0.05) is 64.2 Å². The number of esters is 9. The molecule has 0 saturated carbocycles. The number of aliphatic hydroxyl groups is 3. The van der Waals surface area contributed by atoms with Gasteiger partial charge in [-0.15, -0.1) is 0 Å². The van der Waals surface area contributed by atoms with Gasteiger partial charge in [0.25, 0.3) is 0 Å². The lowest BCUT2D eigenvalue weighted by atomic mass is 10.1. The van der Waals surface area contributed by atoms with E-state index in [1.165, 1.54) is 19.3 Å². The topological polar surface area (TPSA) is 335 Å². The van der Waals surface area contributed by atoms with E-state index in [0.717, 1.165) is 199 Å². The molecule has 4 N–H and O–H groups in total. The van der Waals surface area contributed by atoms with Crippen LogP contribution in [0.3, 0.4) is 0 Å². The molecule has 0 aliphatic heterocycles. The maximum absolute atomic E-state index is 12.2. The fraction of sp³-hybridized carbons (Fsp3) is 0.868. The molecule has 0 fully saturated rings. The Balaban J connectivity index is -0.000000412. The van der Waals surface area contributed by atoms with Crippen LogP contribution in [0, 0.1) is 0 Å². The first-order valence-corrected chi connectivity index (χ1v) is 38.3. The second-order valence-corrected chi connectivity index (χ2v) is 24.8. The van der Waals surface area contributed by atoms with Crippen molar-refractivity contribution in [3.8, 4) is 0 Å². The molecule has 0 spiro atoms. The van der Waals surface area contributed by atoms with Crippen molar-refractivity contribution in [3.05, 3.63) is 0 Å². The second kappa shape index (κ2) is 81.5. The van der Waals surface area contributed by atoms with E-state index in [4.69, 9.17) is 63.1 Å². The molecule has 584 valence electrons. The van der Waals surface area contributed by atoms with Gasteiger partial charge in [-0.05, 0) is 64.2 Å². The van der Waals surface area contributed by atoms with E-state index in [2.05, 4.69) is 62.3 Å². The number of ether oxygens (including phenoxy) is 9. The quantitative estimate of drug-likeness (QED) is 0.0250. The first-order valence-electron chi connectivity index (χ1n) is 38.3. The molecule has 0 aliphatic rings. The Morgan fingerprint density at radius 3 is 0.535 bits per heavy atom. The maximum atomic E-state index is 12.2. The molecular formula is C76H142O23. The highest BCUT2D eigenvalue weighted by Gasteiger charge is 2.23. The summed E-state index contributed by atoms with van der Waals surface area (Å²) in [6.45, 7) is 19.5. The third kappa shape index (κ3) is 84.9. The van der Waals surface area contributed by atoms with Gasteiger partial charge in [-0.2, -0.15) is 0 Å². The van der Waals surface area contributed by atoms with Crippen molar-refractivity contribution in [2.75, 3.05) is 52.9 Å². The SMILES string of the molecule is CCCC(=O)O.CCCCCC(=O)OCC(COC(=O)CCCCC)OC(=O)CCCCC.CCCCCC(=O)OCC(COC(=O)CCCCC)OC(=O)CCCCC.CCCCCCCC(=O)OCC(COC(=O)CCCCCCC)OC(=O)CCCCCCC.OCC(O)CO. The molecule has 0 radical (unpaired) electrons. The third-order valence-corrected chi connectivity index (χ3v) is 14.7. The zero-order chi connectivity index (χ0) is 75.2. The van der Waals surface area contributed by atoms with Crippen LogP contribution in [0.2, 0.25) is 0 Å². The fourth-order valence-corrected chi connectivity index (χ4v) is 8.64. The molecule has 0 aromatic carbocycles. The standard InChI is InChI=1S/C27H50O6.2C21H38O6.C4H8O2.C3H8O3/c1-4-7-10-13-16-19-25(28)31-22-24(33-27(30)21-18-15-12-9-6-3)23-32-26(29)20-17-14-11-8-5-2;2*1-4-7-10-13-19(22)25-16-18(27-21(24)15-12-9-6-3)17-26-20(23)14-11-8-5-2;1-2-3-4(5)6;4-1-3(6)2-5/h24H,4-23H2,1-3H3;2*18H,4-17H2,1-3H3;2-3H2,1H3,(H,5,6);3-6H,1-2H2. The molecule has 0 aromatic heterocycles. The van der Waals surface area contributed by atoms with Crippen molar-refractivity contribution in [2.24, 2.45) is 0 Å². The van der Waals surface area contributed by atoms with Crippen molar-refractivity contribution in [3.63, 3.8) is 0 Å². The lowest BCUT2D eigenvalue weighted by molar-refractivity contribution is -0.167. The van der Waals surface area contributed by atoms with E-state index in [1.54, 1.807) is 0 Å². The van der Waals surface area contributed by atoms with Crippen LogP contribution in [-0.2, 0) is 90.6 Å². The Bertz CT molecular complexity index is 1750. The molecule has 0 atom stereocenters. The van der Waals surface area contributed by atoms with Crippen LogP contribution >= 0.6 is 0 Å². The molecular weight excluding hydrogens is 1280 g/mol. The molecule has 0 unspecified atom stereocenters. The minimum absolute atomic E-state index is 0.0703.